The van der Waals surface area contributed by atoms with Crippen molar-refractivity contribution in [1.29, 1.82) is 0 Å². The van der Waals surface area contributed by atoms with Gasteiger partial charge in [0.25, 0.3) is 0 Å². The van der Waals surface area contributed by atoms with Crippen molar-refractivity contribution in [2.75, 3.05) is 33.2 Å². The lowest BCUT2D eigenvalue weighted by molar-refractivity contribution is 0.335. The lowest BCUT2D eigenvalue weighted by Gasteiger charge is -2.23. The Balaban J connectivity index is 0.000000278. The lowest BCUT2D eigenvalue weighted by atomic mass is 10.1. The van der Waals surface area contributed by atoms with E-state index in [0.29, 0.717) is 6.04 Å². The van der Waals surface area contributed by atoms with Gasteiger partial charge in [-0.3, -0.25) is 4.90 Å². The number of likely N-dealkylation sites (tertiary alicyclic amines) is 1. The van der Waals surface area contributed by atoms with Gasteiger partial charge >= 0.3 is 0 Å². The van der Waals surface area contributed by atoms with Crippen LogP contribution in [-0.4, -0.2) is 49.1 Å². The number of hydrogen-bond acceptors (Lipinski definition) is 6. The molecule has 0 bridgehead atoms. The fraction of sp³-hybridized carbons (Fsp3) is 0.310. The molecule has 2 saturated heterocycles. The van der Waals surface area contributed by atoms with Crippen LogP contribution >= 0.6 is 0 Å². The van der Waals surface area contributed by atoms with Gasteiger partial charge in [-0.1, -0.05) is 87.5 Å². The van der Waals surface area contributed by atoms with E-state index >= 15 is 0 Å². The summed E-state index contributed by atoms with van der Waals surface area (Å²) in [6, 6.07) is 10.1. The Labute approximate surface area is 212 Å². The first-order valence-electron chi connectivity index (χ1n) is 11.9. The number of nitrogens with one attached hydrogen (secondary N) is 2. The molecule has 2 fully saturated rings. The largest absolute Gasteiger partial charge is 0.383 e. The number of nitrogens with zero attached hydrogens (tertiary/aromatic N) is 2. The summed E-state index contributed by atoms with van der Waals surface area (Å²) in [6.07, 6.45) is 9.56. The Morgan fingerprint density at radius 1 is 1.20 bits per heavy atom. The summed E-state index contributed by atoms with van der Waals surface area (Å²) in [5, 5.41) is 6.46. The minimum atomic E-state index is -0.341. The monoisotopic (exact) mass is 476 g/mol. The molecule has 0 aliphatic carbocycles. The summed E-state index contributed by atoms with van der Waals surface area (Å²) < 4.78 is 0. The first-order chi connectivity index (χ1) is 16.7. The Morgan fingerprint density at radius 3 is 2.31 bits per heavy atom. The lowest BCUT2D eigenvalue weighted by Crippen LogP contribution is -2.33. The highest BCUT2D eigenvalue weighted by Gasteiger charge is 2.23. The molecule has 0 saturated carbocycles. The average molecular weight is 477 g/mol. The maximum atomic E-state index is 5.39. The van der Waals surface area contributed by atoms with Crippen molar-refractivity contribution in [3.63, 3.8) is 0 Å². The van der Waals surface area contributed by atoms with Gasteiger partial charge in [0.05, 0.1) is 18.5 Å². The van der Waals surface area contributed by atoms with Crippen molar-refractivity contribution >= 4 is 0 Å². The summed E-state index contributed by atoms with van der Waals surface area (Å²) in [4.78, 5) is 4.35. The van der Waals surface area contributed by atoms with E-state index in [1.807, 2.05) is 53.5 Å². The third-order valence-corrected chi connectivity index (χ3v) is 5.74. The van der Waals surface area contributed by atoms with Gasteiger partial charge in [0.2, 0.25) is 0 Å². The van der Waals surface area contributed by atoms with Gasteiger partial charge in [0.15, 0.2) is 0 Å². The molecule has 0 aromatic heterocycles. The molecule has 6 N–H and O–H groups in total. The minimum absolute atomic E-state index is 0.341. The zero-order valence-corrected chi connectivity index (χ0v) is 21.4. The van der Waals surface area contributed by atoms with Gasteiger partial charge < -0.3 is 27.0 Å². The van der Waals surface area contributed by atoms with E-state index in [1.165, 1.54) is 19.4 Å². The molecule has 2 aliphatic heterocycles. The van der Waals surface area contributed by atoms with E-state index in [4.69, 9.17) is 11.5 Å². The van der Waals surface area contributed by atoms with Crippen LogP contribution in [0.4, 0.5) is 0 Å². The normalized spacial score (nSPS) is 17.5. The quantitative estimate of drug-likeness (QED) is 0.244. The molecule has 1 atom stereocenters. The molecule has 1 unspecified atom stereocenters. The molecule has 6 heteroatoms. The third-order valence-electron chi connectivity index (χ3n) is 5.74. The Morgan fingerprint density at radius 2 is 1.89 bits per heavy atom. The van der Waals surface area contributed by atoms with E-state index in [1.54, 1.807) is 6.08 Å². The first-order valence-corrected chi connectivity index (χ1v) is 11.9. The number of likely N-dealkylation sites (N-methyl/N-ethyl adjacent to an activating group) is 1. The van der Waals surface area contributed by atoms with Crippen molar-refractivity contribution < 1.29 is 0 Å². The molecule has 6 nitrogen and oxygen atoms in total. The van der Waals surface area contributed by atoms with Gasteiger partial charge in [-0.2, -0.15) is 0 Å². The molecule has 0 spiro atoms. The maximum Gasteiger partial charge on any atom is 0.0987 e. The summed E-state index contributed by atoms with van der Waals surface area (Å²) in [5.74, 6) is 0.921. The second-order valence-electron chi connectivity index (χ2n) is 8.40. The average Bonchev–Trinajstić information content (AvgIpc) is 3.43. The number of rotatable bonds is 9. The van der Waals surface area contributed by atoms with Crippen LogP contribution < -0.4 is 22.1 Å². The smallest absolute Gasteiger partial charge is 0.0987 e. The topological polar surface area (TPSA) is 82.6 Å². The van der Waals surface area contributed by atoms with Crippen LogP contribution in [0.15, 0.2) is 117 Å². The molecule has 1 aromatic carbocycles. The van der Waals surface area contributed by atoms with Crippen LogP contribution in [0.3, 0.4) is 0 Å². The molecular weight excluding hydrogens is 432 g/mol. The highest BCUT2D eigenvalue weighted by atomic mass is 15.3. The number of allylic oxidation sites excluding steroid dienone is 2. The van der Waals surface area contributed by atoms with Crippen LogP contribution in [0, 0.1) is 0 Å². The van der Waals surface area contributed by atoms with E-state index in [2.05, 4.69) is 62.1 Å². The third kappa shape index (κ3) is 10.6. The summed E-state index contributed by atoms with van der Waals surface area (Å²) in [6.45, 7) is 26.4. The fourth-order valence-electron chi connectivity index (χ4n) is 3.66. The zero-order chi connectivity index (χ0) is 26.2. The van der Waals surface area contributed by atoms with E-state index in [-0.39, 0.29) is 6.17 Å². The minimum Gasteiger partial charge on any atom is -0.383 e. The van der Waals surface area contributed by atoms with E-state index in [9.17, 15) is 0 Å². The zero-order valence-electron chi connectivity index (χ0n) is 21.4. The van der Waals surface area contributed by atoms with Gasteiger partial charge in [-0.05, 0) is 37.6 Å². The number of hydrogen-bond donors (Lipinski definition) is 4. The van der Waals surface area contributed by atoms with Crippen LogP contribution in [0.1, 0.15) is 24.6 Å². The highest BCUT2D eigenvalue weighted by molar-refractivity contribution is 5.24. The van der Waals surface area contributed by atoms with Crippen LogP contribution in [0.25, 0.3) is 0 Å². The van der Waals surface area contributed by atoms with Gasteiger partial charge in [0, 0.05) is 30.5 Å². The number of benzene rings is 1. The molecule has 1 aromatic rings. The van der Waals surface area contributed by atoms with Gasteiger partial charge in [0.1, 0.15) is 0 Å². The standard InChI is InChI=1S/C14H22N2.C8H12N2.C7H10N2/c1-5-8-13(6-2)11-15-12(3)14-9-7-10-16(14)4;1-4-5-10-7(2)6-9-8(10)3;8-7(9)6-4-2-1-3-5-6/h5-6,8,14-15H,1-3,7,9-11H2,4H3;4,9H,1-3,5-6H2;1-5,7H,8-9H2/b13-8+;;. The Hall–Kier alpha value is -3.32. The fourth-order valence-corrected chi connectivity index (χ4v) is 3.66. The second kappa shape index (κ2) is 16.3. The second-order valence-corrected chi connectivity index (χ2v) is 8.40. The van der Waals surface area contributed by atoms with Crippen molar-refractivity contribution in [1.82, 2.24) is 20.4 Å². The van der Waals surface area contributed by atoms with Crippen molar-refractivity contribution in [3.8, 4) is 0 Å². The Kier molecular flexibility index (Phi) is 13.9. The first kappa shape index (κ1) is 29.7. The predicted molar refractivity (Wildman–Crippen MR) is 152 cm³/mol. The summed E-state index contributed by atoms with van der Waals surface area (Å²) in [5.41, 5.74) is 15.1. The molecule has 2 aliphatic rings. The summed E-state index contributed by atoms with van der Waals surface area (Å²) >= 11 is 0. The molecule has 3 rings (SSSR count). The molecule has 2 heterocycles. The van der Waals surface area contributed by atoms with Gasteiger partial charge in [-0.25, -0.2) is 0 Å². The van der Waals surface area contributed by atoms with Crippen LogP contribution in [-0.2, 0) is 0 Å². The van der Waals surface area contributed by atoms with Crippen molar-refractivity contribution in [2.24, 2.45) is 11.5 Å². The number of nitrogens with two attached hydrogens (primary N) is 2. The van der Waals surface area contributed by atoms with E-state index in [0.717, 1.165) is 48.0 Å². The SMILES string of the molecule is C=C/C=C(\C=C)CNC(=C)C1CCCN1C.C=CCN1C(=C)CNC1=C.NC(N)c1ccccc1. The van der Waals surface area contributed by atoms with E-state index < -0.39 is 0 Å². The highest BCUT2D eigenvalue weighted by Crippen LogP contribution is 2.19. The summed E-state index contributed by atoms with van der Waals surface area (Å²) in [7, 11) is 2.15. The molecule has 35 heavy (non-hydrogen) atoms. The van der Waals surface area contributed by atoms with Crippen molar-refractivity contribution in [3.05, 3.63) is 122 Å². The van der Waals surface area contributed by atoms with Crippen LogP contribution in [0.2, 0.25) is 0 Å². The van der Waals surface area contributed by atoms with Crippen LogP contribution in [0.5, 0.6) is 0 Å². The molecule has 190 valence electrons. The molecule has 0 radical (unpaired) electrons. The molecular formula is C29H44N6. The predicted octanol–water partition coefficient (Wildman–Crippen LogP) is 4.15. The Bertz CT molecular complexity index is 868. The van der Waals surface area contributed by atoms with Crippen molar-refractivity contribution in [2.45, 2.75) is 25.0 Å². The van der Waals surface area contributed by atoms with Gasteiger partial charge in [-0.15, -0.1) is 6.58 Å². The molecule has 0 amide bonds. The maximum absolute atomic E-state index is 5.39.